The summed E-state index contributed by atoms with van der Waals surface area (Å²) < 4.78 is 0. The Morgan fingerprint density at radius 3 is 2.39 bits per heavy atom. The number of nitrogens with one attached hydrogen (secondary N) is 1. The molecule has 3 nitrogen and oxygen atoms in total. The Hall–Kier alpha value is -1.35. The van der Waals surface area contributed by atoms with Crippen LogP contribution in [0.4, 0.5) is 0 Å². The average Bonchev–Trinajstić information content (AvgIpc) is 2.36. The van der Waals surface area contributed by atoms with Gasteiger partial charge in [-0.2, -0.15) is 0 Å². The van der Waals surface area contributed by atoms with Gasteiger partial charge in [0.15, 0.2) is 0 Å². The van der Waals surface area contributed by atoms with Gasteiger partial charge in [0.1, 0.15) is 0 Å². The van der Waals surface area contributed by atoms with Crippen molar-refractivity contribution < 1.29 is 4.79 Å². The van der Waals surface area contributed by atoms with Gasteiger partial charge in [-0.05, 0) is 24.1 Å². The lowest BCUT2D eigenvalue weighted by Crippen LogP contribution is -2.28. The number of carbonyl (C=O) groups is 1. The van der Waals surface area contributed by atoms with E-state index in [1.165, 1.54) is 11.1 Å². The molecule has 0 aliphatic heterocycles. The number of amides is 1. The fourth-order valence-electron chi connectivity index (χ4n) is 1.79. The third-order valence-corrected chi connectivity index (χ3v) is 3.08. The quantitative estimate of drug-likeness (QED) is 0.838. The van der Waals surface area contributed by atoms with Crippen LogP contribution in [-0.2, 0) is 11.3 Å². The van der Waals surface area contributed by atoms with Crippen molar-refractivity contribution in [3.05, 3.63) is 35.4 Å². The molecule has 1 aromatic rings. The molecule has 0 aliphatic rings. The topological polar surface area (TPSA) is 32.3 Å². The zero-order valence-corrected chi connectivity index (χ0v) is 11.9. The van der Waals surface area contributed by atoms with Crippen LogP contribution < -0.4 is 5.32 Å². The van der Waals surface area contributed by atoms with Crippen molar-refractivity contribution in [2.75, 3.05) is 20.6 Å². The molecule has 0 aliphatic carbocycles. The predicted octanol–water partition coefficient (Wildman–Crippen LogP) is 2.38. The summed E-state index contributed by atoms with van der Waals surface area (Å²) in [5.74, 6) is 0.728. The molecular formula is C15H24N2O. The minimum atomic E-state index is 0.178. The molecule has 100 valence electrons. The number of rotatable bonds is 6. The molecule has 0 spiro atoms. The SMILES string of the molecule is CNCCC(=O)N(C)Cc1ccc(C(C)C)cc1. The molecule has 18 heavy (non-hydrogen) atoms. The van der Waals surface area contributed by atoms with Crippen LogP contribution >= 0.6 is 0 Å². The maximum Gasteiger partial charge on any atom is 0.223 e. The Kier molecular flexibility index (Phi) is 5.86. The molecule has 1 N–H and O–H groups in total. The molecule has 3 heteroatoms. The first-order chi connectivity index (χ1) is 8.54. The van der Waals surface area contributed by atoms with Gasteiger partial charge in [-0.3, -0.25) is 4.79 Å². The summed E-state index contributed by atoms with van der Waals surface area (Å²) in [6, 6.07) is 8.51. The van der Waals surface area contributed by atoms with Gasteiger partial charge in [-0.25, -0.2) is 0 Å². The van der Waals surface area contributed by atoms with Crippen molar-refractivity contribution >= 4 is 5.91 Å². The van der Waals surface area contributed by atoms with Crippen LogP contribution in [0.1, 0.15) is 37.3 Å². The Balaban J connectivity index is 2.53. The summed E-state index contributed by atoms with van der Waals surface area (Å²) >= 11 is 0. The van der Waals surface area contributed by atoms with E-state index in [9.17, 15) is 4.79 Å². The fraction of sp³-hybridized carbons (Fsp3) is 0.533. The highest BCUT2D eigenvalue weighted by Gasteiger charge is 2.08. The van der Waals surface area contributed by atoms with Crippen LogP contribution in [0, 0.1) is 0 Å². The Morgan fingerprint density at radius 1 is 1.28 bits per heavy atom. The molecule has 1 amide bonds. The van der Waals surface area contributed by atoms with E-state index in [0.29, 0.717) is 18.9 Å². The third-order valence-electron chi connectivity index (χ3n) is 3.08. The van der Waals surface area contributed by atoms with Gasteiger partial charge in [0.2, 0.25) is 5.91 Å². The van der Waals surface area contributed by atoms with E-state index >= 15 is 0 Å². The van der Waals surface area contributed by atoms with Crippen LogP contribution in [0.15, 0.2) is 24.3 Å². The normalized spacial score (nSPS) is 10.7. The fourth-order valence-corrected chi connectivity index (χ4v) is 1.79. The summed E-state index contributed by atoms with van der Waals surface area (Å²) in [5, 5.41) is 2.99. The van der Waals surface area contributed by atoms with Crippen LogP contribution in [0.2, 0.25) is 0 Å². The second-order valence-corrected chi connectivity index (χ2v) is 5.00. The molecule has 1 rings (SSSR count). The monoisotopic (exact) mass is 248 g/mol. The second-order valence-electron chi connectivity index (χ2n) is 5.00. The predicted molar refractivity (Wildman–Crippen MR) is 75.5 cm³/mol. The van der Waals surface area contributed by atoms with E-state index in [1.807, 2.05) is 14.1 Å². The van der Waals surface area contributed by atoms with Crippen LogP contribution in [0.3, 0.4) is 0 Å². The molecular weight excluding hydrogens is 224 g/mol. The van der Waals surface area contributed by atoms with E-state index in [-0.39, 0.29) is 5.91 Å². The van der Waals surface area contributed by atoms with E-state index in [1.54, 1.807) is 4.90 Å². The molecule has 0 heterocycles. The molecule has 0 saturated carbocycles. The van der Waals surface area contributed by atoms with E-state index < -0.39 is 0 Å². The molecule has 0 radical (unpaired) electrons. The molecule has 1 aromatic carbocycles. The molecule has 0 atom stereocenters. The van der Waals surface area contributed by atoms with Crippen molar-refractivity contribution in [2.24, 2.45) is 0 Å². The van der Waals surface area contributed by atoms with Gasteiger partial charge in [0, 0.05) is 26.6 Å². The third kappa shape index (κ3) is 4.49. The van der Waals surface area contributed by atoms with E-state index in [4.69, 9.17) is 0 Å². The minimum Gasteiger partial charge on any atom is -0.341 e. The lowest BCUT2D eigenvalue weighted by molar-refractivity contribution is -0.130. The van der Waals surface area contributed by atoms with Crippen LogP contribution in [0.25, 0.3) is 0 Å². The van der Waals surface area contributed by atoms with Crippen molar-refractivity contribution in [3.8, 4) is 0 Å². The summed E-state index contributed by atoms with van der Waals surface area (Å²) in [6.45, 7) is 5.78. The number of hydrogen-bond donors (Lipinski definition) is 1. The summed E-state index contributed by atoms with van der Waals surface area (Å²) in [7, 11) is 3.71. The first kappa shape index (κ1) is 14.7. The van der Waals surface area contributed by atoms with Crippen LogP contribution in [-0.4, -0.2) is 31.4 Å². The number of carbonyl (C=O) groups excluding carboxylic acids is 1. The molecule has 0 aromatic heterocycles. The summed E-state index contributed by atoms with van der Waals surface area (Å²) in [5.41, 5.74) is 2.52. The van der Waals surface area contributed by atoms with Gasteiger partial charge < -0.3 is 10.2 Å². The zero-order valence-electron chi connectivity index (χ0n) is 11.9. The Bertz CT molecular complexity index is 371. The van der Waals surface area contributed by atoms with Gasteiger partial charge in [-0.1, -0.05) is 38.1 Å². The van der Waals surface area contributed by atoms with Gasteiger partial charge in [0.25, 0.3) is 0 Å². The first-order valence-electron chi connectivity index (χ1n) is 6.52. The zero-order chi connectivity index (χ0) is 13.5. The lowest BCUT2D eigenvalue weighted by Gasteiger charge is -2.17. The van der Waals surface area contributed by atoms with Crippen molar-refractivity contribution in [1.29, 1.82) is 0 Å². The molecule has 0 saturated heterocycles. The highest BCUT2D eigenvalue weighted by atomic mass is 16.2. The first-order valence-corrected chi connectivity index (χ1v) is 6.52. The van der Waals surface area contributed by atoms with E-state index in [0.717, 1.165) is 6.54 Å². The Morgan fingerprint density at radius 2 is 1.89 bits per heavy atom. The number of benzene rings is 1. The number of hydrogen-bond acceptors (Lipinski definition) is 2. The highest BCUT2D eigenvalue weighted by molar-refractivity contribution is 5.76. The van der Waals surface area contributed by atoms with Crippen molar-refractivity contribution in [2.45, 2.75) is 32.7 Å². The van der Waals surface area contributed by atoms with Gasteiger partial charge in [-0.15, -0.1) is 0 Å². The maximum absolute atomic E-state index is 11.8. The largest absolute Gasteiger partial charge is 0.341 e. The average molecular weight is 248 g/mol. The van der Waals surface area contributed by atoms with Crippen molar-refractivity contribution in [1.82, 2.24) is 10.2 Å². The lowest BCUT2D eigenvalue weighted by atomic mass is 10.0. The molecule has 0 unspecified atom stereocenters. The smallest absolute Gasteiger partial charge is 0.223 e. The summed E-state index contributed by atoms with van der Waals surface area (Å²) in [4.78, 5) is 13.5. The van der Waals surface area contributed by atoms with Crippen molar-refractivity contribution in [3.63, 3.8) is 0 Å². The maximum atomic E-state index is 11.8. The number of nitrogens with zero attached hydrogens (tertiary/aromatic N) is 1. The molecule has 0 fully saturated rings. The Labute approximate surface area is 110 Å². The van der Waals surface area contributed by atoms with Crippen LogP contribution in [0.5, 0.6) is 0 Å². The van der Waals surface area contributed by atoms with Gasteiger partial charge in [0.05, 0.1) is 0 Å². The standard InChI is InChI=1S/C15H24N2O/c1-12(2)14-7-5-13(6-8-14)11-17(4)15(18)9-10-16-3/h5-8,12,16H,9-11H2,1-4H3. The van der Waals surface area contributed by atoms with E-state index in [2.05, 4.69) is 43.4 Å². The highest BCUT2D eigenvalue weighted by Crippen LogP contribution is 2.15. The molecule has 0 bridgehead atoms. The summed E-state index contributed by atoms with van der Waals surface area (Å²) in [6.07, 6.45) is 0.553. The minimum absolute atomic E-state index is 0.178. The van der Waals surface area contributed by atoms with Gasteiger partial charge >= 0.3 is 0 Å². The second kappa shape index (κ2) is 7.17.